The first kappa shape index (κ1) is 8.06. The van der Waals surface area contributed by atoms with Gasteiger partial charge < -0.3 is 5.32 Å². The molecule has 2 rings (SSSR count). The Hall–Kier alpha value is -1.56. The predicted molar refractivity (Wildman–Crippen MR) is 50.2 cm³/mol. The molecule has 66 valence electrons. The SMILES string of the molecule is CC1(Nc2cc(C#N)ccn2)CC1. The fraction of sp³-hybridized carbons (Fsp3) is 0.400. The van der Waals surface area contributed by atoms with E-state index in [0.717, 1.165) is 5.82 Å². The van der Waals surface area contributed by atoms with E-state index in [2.05, 4.69) is 23.3 Å². The van der Waals surface area contributed by atoms with Crippen LogP contribution in [0.15, 0.2) is 18.3 Å². The molecule has 3 nitrogen and oxygen atoms in total. The van der Waals surface area contributed by atoms with E-state index >= 15 is 0 Å². The zero-order chi connectivity index (χ0) is 9.31. The minimum Gasteiger partial charge on any atom is -0.365 e. The molecule has 1 aliphatic carbocycles. The predicted octanol–water partition coefficient (Wildman–Crippen LogP) is 1.92. The van der Waals surface area contributed by atoms with Crippen LogP contribution in [0, 0.1) is 11.3 Å². The smallest absolute Gasteiger partial charge is 0.127 e. The summed E-state index contributed by atoms with van der Waals surface area (Å²) in [5.41, 5.74) is 0.878. The Labute approximate surface area is 77.4 Å². The Morgan fingerprint density at radius 1 is 1.62 bits per heavy atom. The van der Waals surface area contributed by atoms with Crippen molar-refractivity contribution < 1.29 is 0 Å². The maximum absolute atomic E-state index is 8.67. The Morgan fingerprint density at radius 2 is 2.38 bits per heavy atom. The molecule has 0 saturated heterocycles. The van der Waals surface area contributed by atoms with Gasteiger partial charge in [0.1, 0.15) is 5.82 Å². The number of hydrogen-bond acceptors (Lipinski definition) is 3. The molecular formula is C10H11N3. The van der Waals surface area contributed by atoms with Gasteiger partial charge in [-0.1, -0.05) is 0 Å². The largest absolute Gasteiger partial charge is 0.365 e. The molecule has 1 N–H and O–H groups in total. The van der Waals surface area contributed by atoms with Crippen molar-refractivity contribution in [3.63, 3.8) is 0 Å². The van der Waals surface area contributed by atoms with Crippen LogP contribution in [0.3, 0.4) is 0 Å². The molecule has 1 aromatic heterocycles. The second kappa shape index (κ2) is 2.74. The molecule has 0 aromatic carbocycles. The molecule has 3 heteroatoms. The van der Waals surface area contributed by atoms with Crippen molar-refractivity contribution in [2.24, 2.45) is 0 Å². The molecule has 0 amide bonds. The number of nitrogens with zero attached hydrogens (tertiary/aromatic N) is 2. The van der Waals surface area contributed by atoms with E-state index in [1.807, 2.05) is 0 Å². The lowest BCUT2D eigenvalue weighted by Gasteiger charge is -2.11. The molecule has 1 fully saturated rings. The first-order chi connectivity index (χ1) is 6.22. The van der Waals surface area contributed by atoms with Gasteiger partial charge in [0, 0.05) is 11.7 Å². The van der Waals surface area contributed by atoms with E-state index in [-0.39, 0.29) is 5.54 Å². The molecule has 0 radical (unpaired) electrons. The van der Waals surface area contributed by atoms with Gasteiger partial charge in [-0.2, -0.15) is 5.26 Å². The van der Waals surface area contributed by atoms with Gasteiger partial charge in [0.05, 0.1) is 11.6 Å². The molecule has 0 bridgehead atoms. The highest BCUT2D eigenvalue weighted by Gasteiger charge is 2.37. The third-order valence-electron chi connectivity index (χ3n) is 2.32. The fourth-order valence-electron chi connectivity index (χ4n) is 1.19. The third kappa shape index (κ3) is 1.78. The normalized spacial score (nSPS) is 17.5. The Balaban J connectivity index is 2.17. The summed E-state index contributed by atoms with van der Waals surface area (Å²) in [5.74, 6) is 0.805. The molecule has 0 aliphatic heterocycles. The van der Waals surface area contributed by atoms with Crippen LogP contribution in [-0.4, -0.2) is 10.5 Å². The lowest BCUT2D eigenvalue weighted by Crippen LogP contribution is -2.16. The van der Waals surface area contributed by atoms with E-state index in [9.17, 15) is 0 Å². The van der Waals surface area contributed by atoms with E-state index in [1.54, 1.807) is 18.3 Å². The summed E-state index contributed by atoms with van der Waals surface area (Å²) in [5, 5.41) is 12.0. The maximum Gasteiger partial charge on any atom is 0.127 e. The van der Waals surface area contributed by atoms with Crippen molar-refractivity contribution in [2.45, 2.75) is 25.3 Å². The standard InChI is InChI=1S/C10H11N3/c1-10(3-4-10)13-9-6-8(7-11)2-5-12-9/h2,5-6H,3-4H2,1H3,(H,12,13). The van der Waals surface area contributed by atoms with Crippen molar-refractivity contribution in [1.29, 1.82) is 5.26 Å². The monoisotopic (exact) mass is 173 g/mol. The first-order valence-electron chi connectivity index (χ1n) is 4.36. The van der Waals surface area contributed by atoms with Gasteiger partial charge in [0.2, 0.25) is 0 Å². The molecule has 13 heavy (non-hydrogen) atoms. The van der Waals surface area contributed by atoms with Gasteiger partial charge in [0.15, 0.2) is 0 Å². The van der Waals surface area contributed by atoms with Gasteiger partial charge in [0.25, 0.3) is 0 Å². The summed E-state index contributed by atoms with van der Waals surface area (Å²) in [6.45, 7) is 2.16. The highest BCUT2D eigenvalue weighted by molar-refractivity contribution is 5.45. The second-order valence-corrected chi connectivity index (χ2v) is 3.73. The molecule has 0 atom stereocenters. The van der Waals surface area contributed by atoms with Crippen LogP contribution < -0.4 is 5.32 Å². The number of nitriles is 1. The van der Waals surface area contributed by atoms with Crippen LogP contribution in [0.25, 0.3) is 0 Å². The van der Waals surface area contributed by atoms with Crippen LogP contribution in [0.1, 0.15) is 25.3 Å². The van der Waals surface area contributed by atoms with Crippen molar-refractivity contribution >= 4 is 5.82 Å². The van der Waals surface area contributed by atoms with E-state index in [0.29, 0.717) is 5.56 Å². The summed E-state index contributed by atoms with van der Waals surface area (Å²) in [7, 11) is 0. The summed E-state index contributed by atoms with van der Waals surface area (Å²) in [6.07, 6.45) is 4.03. The number of nitrogens with one attached hydrogen (secondary N) is 1. The molecule has 1 heterocycles. The van der Waals surface area contributed by atoms with E-state index in [4.69, 9.17) is 5.26 Å². The number of rotatable bonds is 2. The molecule has 1 aromatic rings. The summed E-state index contributed by atoms with van der Waals surface area (Å²) in [4.78, 5) is 4.15. The summed E-state index contributed by atoms with van der Waals surface area (Å²) >= 11 is 0. The molecule has 0 unspecified atom stereocenters. The zero-order valence-electron chi connectivity index (χ0n) is 7.54. The van der Waals surface area contributed by atoms with Gasteiger partial charge >= 0.3 is 0 Å². The van der Waals surface area contributed by atoms with E-state index in [1.165, 1.54) is 12.8 Å². The Morgan fingerprint density at radius 3 is 3.00 bits per heavy atom. The molecule has 0 spiro atoms. The molecular weight excluding hydrogens is 162 g/mol. The van der Waals surface area contributed by atoms with Gasteiger partial charge in [-0.05, 0) is 31.9 Å². The highest BCUT2D eigenvalue weighted by atomic mass is 15.1. The average Bonchev–Trinajstić information content (AvgIpc) is 2.84. The minimum absolute atomic E-state index is 0.223. The van der Waals surface area contributed by atoms with Crippen LogP contribution >= 0.6 is 0 Å². The van der Waals surface area contributed by atoms with Crippen molar-refractivity contribution in [1.82, 2.24) is 4.98 Å². The zero-order valence-corrected chi connectivity index (χ0v) is 7.54. The van der Waals surface area contributed by atoms with Crippen LogP contribution in [-0.2, 0) is 0 Å². The number of hydrogen-bond donors (Lipinski definition) is 1. The van der Waals surface area contributed by atoms with Gasteiger partial charge in [-0.25, -0.2) is 4.98 Å². The Bertz CT molecular complexity index is 361. The quantitative estimate of drug-likeness (QED) is 0.743. The van der Waals surface area contributed by atoms with Crippen LogP contribution in [0.4, 0.5) is 5.82 Å². The number of anilines is 1. The average molecular weight is 173 g/mol. The summed E-state index contributed by atoms with van der Waals surface area (Å²) in [6, 6.07) is 5.58. The van der Waals surface area contributed by atoms with Gasteiger partial charge in [-0.3, -0.25) is 0 Å². The topological polar surface area (TPSA) is 48.7 Å². The van der Waals surface area contributed by atoms with Crippen molar-refractivity contribution in [3.8, 4) is 6.07 Å². The van der Waals surface area contributed by atoms with Crippen molar-refractivity contribution in [2.75, 3.05) is 5.32 Å². The third-order valence-corrected chi connectivity index (χ3v) is 2.32. The molecule has 1 aliphatic rings. The second-order valence-electron chi connectivity index (χ2n) is 3.73. The maximum atomic E-state index is 8.67. The highest BCUT2D eigenvalue weighted by Crippen LogP contribution is 2.37. The minimum atomic E-state index is 0.223. The number of aromatic nitrogens is 1. The number of pyridine rings is 1. The van der Waals surface area contributed by atoms with Gasteiger partial charge in [-0.15, -0.1) is 0 Å². The first-order valence-corrected chi connectivity index (χ1v) is 4.36. The van der Waals surface area contributed by atoms with Crippen molar-refractivity contribution in [3.05, 3.63) is 23.9 Å². The molecule has 1 saturated carbocycles. The van der Waals surface area contributed by atoms with Crippen LogP contribution in [0.2, 0.25) is 0 Å². The fourth-order valence-corrected chi connectivity index (χ4v) is 1.19. The summed E-state index contributed by atoms with van der Waals surface area (Å²) < 4.78 is 0. The van der Waals surface area contributed by atoms with Crippen LogP contribution in [0.5, 0.6) is 0 Å². The van der Waals surface area contributed by atoms with E-state index < -0.39 is 0 Å². The lowest BCUT2D eigenvalue weighted by molar-refractivity contribution is 0.821. The Kier molecular flexibility index (Phi) is 1.70. The lowest BCUT2D eigenvalue weighted by atomic mass is 10.2.